The molecule has 3 rings (SSSR count). The van der Waals surface area contributed by atoms with Crippen LogP contribution < -0.4 is 0 Å². The Bertz CT molecular complexity index is 531. The average molecular weight is 308 g/mol. The van der Waals surface area contributed by atoms with Crippen LogP contribution in [0.2, 0.25) is 0 Å². The van der Waals surface area contributed by atoms with Gasteiger partial charge >= 0.3 is 5.97 Å². The molecule has 0 amide bonds. The molecule has 1 saturated heterocycles. The zero-order valence-electron chi connectivity index (χ0n) is 13.6. The van der Waals surface area contributed by atoms with Crippen LogP contribution in [-0.2, 0) is 23.8 Å². The van der Waals surface area contributed by atoms with Crippen LogP contribution in [0.3, 0.4) is 0 Å². The fourth-order valence-electron chi connectivity index (χ4n) is 4.37. The average Bonchev–Trinajstić information content (AvgIpc) is 2.96. The molecule has 0 radical (unpaired) electrons. The summed E-state index contributed by atoms with van der Waals surface area (Å²) in [4.78, 5) is 25.2. The van der Waals surface area contributed by atoms with Gasteiger partial charge in [-0.1, -0.05) is 13.0 Å². The molecule has 0 unspecified atom stereocenters. The smallest absolute Gasteiger partial charge is 0.323 e. The second-order valence-electron chi connectivity index (χ2n) is 6.71. The molecule has 5 heteroatoms. The number of rotatable bonds is 2. The van der Waals surface area contributed by atoms with Crippen molar-refractivity contribution < 1.29 is 23.8 Å². The Morgan fingerprint density at radius 1 is 1.27 bits per heavy atom. The molecule has 122 valence electrons. The first-order valence-electron chi connectivity index (χ1n) is 8.10. The van der Waals surface area contributed by atoms with Crippen molar-refractivity contribution in [3.05, 3.63) is 11.6 Å². The van der Waals surface area contributed by atoms with Crippen LogP contribution in [-0.4, -0.2) is 37.4 Å². The lowest BCUT2D eigenvalue weighted by Gasteiger charge is -2.54. The van der Waals surface area contributed by atoms with Crippen LogP contribution in [0.25, 0.3) is 0 Å². The first kappa shape index (κ1) is 15.7. The lowest BCUT2D eigenvalue weighted by molar-refractivity contribution is -0.238. The van der Waals surface area contributed by atoms with Crippen molar-refractivity contribution in [2.45, 2.75) is 52.2 Å². The number of carbonyl (C=O) groups excluding carboxylic acids is 2. The van der Waals surface area contributed by atoms with Crippen LogP contribution in [0.15, 0.2) is 11.6 Å². The molecule has 1 spiro atoms. The summed E-state index contributed by atoms with van der Waals surface area (Å²) in [6.45, 7) is 6.91. The van der Waals surface area contributed by atoms with Crippen molar-refractivity contribution in [3.8, 4) is 0 Å². The molecule has 2 fully saturated rings. The summed E-state index contributed by atoms with van der Waals surface area (Å²) in [6.07, 6.45) is 4.53. The van der Waals surface area contributed by atoms with Gasteiger partial charge in [0.25, 0.3) is 0 Å². The lowest BCUT2D eigenvalue weighted by atomic mass is 9.53. The normalized spacial score (nSPS) is 36.9. The van der Waals surface area contributed by atoms with Crippen molar-refractivity contribution in [1.82, 2.24) is 0 Å². The Labute approximate surface area is 131 Å². The molecule has 2 aliphatic carbocycles. The Balaban J connectivity index is 2.08. The first-order valence-corrected chi connectivity index (χ1v) is 8.10. The molecular weight excluding hydrogens is 284 g/mol. The van der Waals surface area contributed by atoms with Crippen LogP contribution in [0.4, 0.5) is 0 Å². The number of carbonyl (C=O) groups is 2. The fraction of sp³-hybridized carbons (Fsp3) is 0.765. The Hall–Kier alpha value is -1.20. The number of ether oxygens (including phenoxy) is 3. The molecule has 2 atom stereocenters. The zero-order valence-corrected chi connectivity index (χ0v) is 13.6. The van der Waals surface area contributed by atoms with Gasteiger partial charge in [-0.2, -0.15) is 0 Å². The Morgan fingerprint density at radius 2 is 1.95 bits per heavy atom. The highest BCUT2D eigenvalue weighted by atomic mass is 16.7. The third-order valence-electron chi connectivity index (χ3n) is 5.64. The van der Waals surface area contributed by atoms with Gasteiger partial charge < -0.3 is 14.2 Å². The maximum Gasteiger partial charge on any atom is 0.323 e. The van der Waals surface area contributed by atoms with E-state index in [1.165, 1.54) is 0 Å². The van der Waals surface area contributed by atoms with Crippen molar-refractivity contribution >= 4 is 11.8 Å². The van der Waals surface area contributed by atoms with Crippen LogP contribution >= 0.6 is 0 Å². The Kier molecular flexibility index (Phi) is 3.68. The van der Waals surface area contributed by atoms with Gasteiger partial charge in [-0.3, -0.25) is 9.59 Å². The van der Waals surface area contributed by atoms with Crippen LogP contribution in [0.5, 0.6) is 0 Å². The molecule has 0 bridgehead atoms. The summed E-state index contributed by atoms with van der Waals surface area (Å²) in [5.74, 6) is -1.22. The SMILES string of the molecule is CCOC(=O)[C@@]1(C)C(=O)CC[C@@]2(C)C1=CCCC21OCCO1. The highest BCUT2D eigenvalue weighted by Gasteiger charge is 2.65. The van der Waals surface area contributed by atoms with Crippen LogP contribution in [0.1, 0.15) is 46.5 Å². The lowest BCUT2D eigenvalue weighted by Crippen LogP contribution is -2.59. The third-order valence-corrected chi connectivity index (χ3v) is 5.64. The van der Waals surface area contributed by atoms with Crippen molar-refractivity contribution in [2.24, 2.45) is 10.8 Å². The predicted molar refractivity (Wildman–Crippen MR) is 79.0 cm³/mol. The van der Waals surface area contributed by atoms with E-state index in [1.807, 2.05) is 6.08 Å². The van der Waals surface area contributed by atoms with Gasteiger partial charge in [0.1, 0.15) is 5.41 Å². The van der Waals surface area contributed by atoms with E-state index in [2.05, 4.69) is 6.92 Å². The minimum Gasteiger partial charge on any atom is -0.465 e. The van der Waals surface area contributed by atoms with Gasteiger partial charge in [0, 0.05) is 18.3 Å². The predicted octanol–water partition coefficient (Wildman–Crippen LogP) is 2.39. The monoisotopic (exact) mass is 308 g/mol. The standard InChI is InChI=1S/C17H24O5/c1-4-20-14(19)16(3)12-6-5-8-17(21-10-11-22-17)15(12,2)9-7-13(16)18/h6H,4-5,7-11H2,1-3H3/t15-,16+/m0/s1. The topological polar surface area (TPSA) is 61.8 Å². The fourth-order valence-corrected chi connectivity index (χ4v) is 4.37. The second-order valence-corrected chi connectivity index (χ2v) is 6.71. The minimum atomic E-state index is -1.22. The van der Waals surface area contributed by atoms with E-state index in [0.29, 0.717) is 26.1 Å². The number of Topliss-reactive ketones (excluding diaryl/α,β-unsaturated/α-hetero) is 1. The van der Waals surface area contributed by atoms with Crippen molar-refractivity contribution in [1.29, 1.82) is 0 Å². The third kappa shape index (κ3) is 1.85. The summed E-state index contributed by atoms with van der Waals surface area (Å²) in [7, 11) is 0. The largest absolute Gasteiger partial charge is 0.465 e. The molecule has 1 saturated carbocycles. The number of hydrogen-bond acceptors (Lipinski definition) is 5. The summed E-state index contributed by atoms with van der Waals surface area (Å²) < 4.78 is 17.2. The number of ketones is 1. The maximum atomic E-state index is 12.6. The van der Waals surface area contributed by atoms with E-state index in [-0.39, 0.29) is 12.4 Å². The van der Waals surface area contributed by atoms with Gasteiger partial charge in [0.05, 0.1) is 19.8 Å². The van der Waals surface area contributed by atoms with E-state index < -0.39 is 22.6 Å². The van der Waals surface area contributed by atoms with Crippen molar-refractivity contribution in [2.75, 3.05) is 19.8 Å². The number of allylic oxidation sites excluding steroid dienone is 1. The number of esters is 1. The van der Waals surface area contributed by atoms with E-state index in [4.69, 9.17) is 14.2 Å². The first-order chi connectivity index (χ1) is 10.4. The molecule has 0 aromatic heterocycles. The molecule has 5 nitrogen and oxygen atoms in total. The molecule has 1 aliphatic heterocycles. The summed E-state index contributed by atoms with van der Waals surface area (Å²) in [5.41, 5.74) is -0.856. The van der Waals surface area contributed by atoms with Gasteiger partial charge in [-0.25, -0.2) is 0 Å². The highest BCUT2D eigenvalue weighted by molar-refractivity contribution is 6.07. The second kappa shape index (κ2) is 5.17. The van der Waals surface area contributed by atoms with E-state index in [0.717, 1.165) is 18.4 Å². The molecular formula is C17H24O5. The minimum absolute atomic E-state index is 0.0651. The van der Waals surface area contributed by atoms with Gasteiger partial charge in [-0.15, -0.1) is 0 Å². The van der Waals surface area contributed by atoms with E-state index in [9.17, 15) is 9.59 Å². The highest BCUT2D eigenvalue weighted by Crippen LogP contribution is 2.60. The summed E-state index contributed by atoms with van der Waals surface area (Å²) >= 11 is 0. The van der Waals surface area contributed by atoms with Gasteiger partial charge in [-0.05, 0) is 32.3 Å². The molecule has 0 aromatic carbocycles. The summed E-state index contributed by atoms with van der Waals surface area (Å²) in [6, 6.07) is 0. The van der Waals surface area contributed by atoms with E-state index in [1.54, 1.807) is 13.8 Å². The molecule has 0 aromatic rings. The molecule has 3 aliphatic rings. The number of hydrogen-bond donors (Lipinski definition) is 0. The van der Waals surface area contributed by atoms with Crippen LogP contribution in [0, 0.1) is 10.8 Å². The molecule has 0 N–H and O–H groups in total. The van der Waals surface area contributed by atoms with Gasteiger partial charge in [0.15, 0.2) is 11.6 Å². The summed E-state index contributed by atoms with van der Waals surface area (Å²) in [5, 5.41) is 0. The van der Waals surface area contributed by atoms with Gasteiger partial charge in [0.2, 0.25) is 0 Å². The van der Waals surface area contributed by atoms with Crippen molar-refractivity contribution in [3.63, 3.8) is 0 Å². The molecule has 1 heterocycles. The Morgan fingerprint density at radius 3 is 2.59 bits per heavy atom. The maximum absolute atomic E-state index is 12.6. The van der Waals surface area contributed by atoms with E-state index >= 15 is 0 Å². The quantitative estimate of drug-likeness (QED) is 0.445. The number of fused-ring (bicyclic) bond motifs is 2. The zero-order chi connectivity index (χ0) is 16.0. The molecule has 22 heavy (non-hydrogen) atoms.